The largest absolute Gasteiger partial charge is 0.508 e. The monoisotopic (exact) mass is 1070 g/mol. The summed E-state index contributed by atoms with van der Waals surface area (Å²) in [4.78, 5) is 91.6. The van der Waals surface area contributed by atoms with Crippen LogP contribution in [-0.2, 0) is 48.4 Å². The molecule has 6 aliphatic rings. The maximum Gasteiger partial charge on any atom is 0.325 e. The molecule has 5 saturated heterocycles. The number of piperazine rings is 1. The molecule has 1 spiro atoms. The summed E-state index contributed by atoms with van der Waals surface area (Å²) in [5, 5.41) is 13.1. The molecule has 10 atom stereocenters. The summed E-state index contributed by atoms with van der Waals surface area (Å²) in [6, 6.07) is 33.0. The molecule has 0 unspecified atom stereocenters. The molecule has 6 aliphatic heterocycles. The first-order valence-electron chi connectivity index (χ1n) is 23.8. The molecule has 5 fully saturated rings. The minimum absolute atomic E-state index is 0.0316. The van der Waals surface area contributed by atoms with Gasteiger partial charge in [-0.25, -0.2) is 0 Å². The predicted octanol–water partition coefficient (Wildman–Crippen LogP) is 6.88. The van der Waals surface area contributed by atoms with E-state index in [0.29, 0.717) is 41.1 Å². The van der Waals surface area contributed by atoms with Crippen molar-refractivity contribution in [3.05, 3.63) is 171 Å². The molecule has 71 heavy (non-hydrogen) atoms. The third-order valence-electron chi connectivity index (χ3n) is 15.1. The predicted molar refractivity (Wildman–Crippen MR) is 264 cm³/mol. The summed E-state index contributed by atoms with van der Waals surface area (Å²) in [5.74, 6) is -4.57. The number of phenols is 1. The van der Waals surface area contributed by atoms with E-state index < -0.39 is 83.4 Å². The van der Waals surface area contributed by atoms with Crippen molar-refractivity contribution in [1.29, 1.82) is 0 Å². The molecule has 0 bridgehead atoms. The van der Waals surface area contributed by atoms with Crippen LogP contribution in [0.15, 0.2) is 140 Å². The molecule has 6 heterocycles. The molecule has 15 nitrogen and oxygen atoms in total. The molecular weight excluding hydrogens is 1020 g/mol. The van der Waals surface area contributed by atoms with Crippen LogP contribution in [0.1, 0.15) is 71.3 Å². The maximum atomic E-state index is 15.2. The number of ether oxygens (including phenoxy) is 4. The standard InChI is InChI=1S/C55H49IN4O11/c1-2-26-69-52(65)43-46-53(66)71-47(33-12-7-4-8-13-33)45(31-10-5-3-6-11-31)60(46)48(55(43)39-29-35(56)19-24-40(39)57-54(55)67)34-17-22-37(23-18-34)68-27-28-70-51(64)38-30-42-49(62)58-25-9-14-41(58)50(63)59(42)44(38)32-15-20-36(61)21-16-32/h2-8,10-13,15-24,29,38,41-48,61H,1,9,14,25-28,30H2,(H,57,67)/t38-,41-,42-,43+,44-,45+,46+,47-,48-,55+/m0/s1. The Balaban J connectivity index is 0.911. The lowest BCUT2D eigenvalue weighted by atomic mass is 9.65. The van der Waals surface area contributed by atoms with Crippen LogP contribution >= 0.6 is 22.6 Å². The molecular formula is C55H49IN4O11. The molecule has 5 aromatic carbocycles. The Morgan fingerprint density at radius 1 is 0.775 bits per heavy atom. The number of halogens is 1. The number of rotatable bonds is 12. The number of phenolic OH excluding ortho intramolecular Hbond substituents is 1. The molecule has 3 amide bonds. The number of morpholine rings is 1. The summed E-state index contributed by atoms with van der Waals surface area (Å²) in [6.45, 7) is 3.91. The Morgan fingerprint density at radius 3 is 2.18 bits per heavy atom. The molecule has 0 saturated carbocycles. The lowest BCUT2D eigenvalue weighted by Crippen LogP contribution is -2.60. The fourth-order valence-electron chi connectivity index (χ4n) is 12.2. The van der Waals surface area contributed by atoms with Crippen molar-refractivity contribution in [3.8, 4) is 11.5 Å². The lowest BCUT2D eigenvalue weighted by molar-refractivity contribution is -0.180. The quantitative estimate of drug-likeness (QED) is 0.0436. The van der Waals surface area contributed by atoms with Gasteiger partial charge < -0.3 is 39.2 Å². The van der Waals surface area contributed by atoms with Crippen molar-refractivity contribution in [2.45, 2.75) is 67.0 Å². The highest BCUT2D eigenvalue weighted by Crippen LogP contribution is 2.65. The maximum absolute atomic E-state index is 15.2. The van der Waals surface area contributed by atoms with Gasteiger partial charge in [-0.3, -0.25) is 33.7 Å². The number of anilines is 1. The second kappa shape index (κ2) is 18.6. The van der Waals surface area contributed by atoms with E-state index in [1.165, 1.54) is 18.2 Å². The molecule has 11 rings (SSSR count). The number of hydrogen-bond donors (Lipinski definition) is 2. The average Bonchev–Trinajstić information content (AvgIpc) is 4.18. The number of fused-ring (bicyclic) bond motifs is 5. The van der Waals surface area contributed by atoms with Gasteiger partial charge in [-0.2, -0.15) is 0 Å². The Bertz CT molecular complexity index is 2940. The van der Waals surface area contributed by atoms with Gasteiger partial charge in [0, 0.05) is 15.8 Å². The number of benzene rings is 5. The number of carbonyl (C=O) groups is 6. The summed E-state index contributed by atoms with van der Waals surface area (Å²) in [7, 11) is 0. The van der Waals surface area contributed by atoms with Gasteiger partial charge in [-0.1, -0.05) is 97.6 Å². The second-order valence-electron chi connectivity index (χ2n) is 18.7. The second-order valence-corrected chi connectivity index (χ2v) is 20.0. The van der Waals surface area contributed by atoms with E-state index in [2.05, 4.69) is 34.5 Å². The van der Waals surface area contributed by atoms with Crippen LogP contribution in [0.5, 0.6) is 11.5 Å². The first kappa shape index (κ1) is 46.3. The van der Waals surface area contributed by atoms with Crippen molar-refractivity contribution in [1.82, 2.24) is 14.7 Å². The summed E-state index contributed by atoms with van der Waals surface area (Å²) >= 11 is 2.18. The van der Waals surface area contributed by atoms with E-state index in [1.807, 2.05) is 89.8 Å². The van der Waals surface area contributed by atoms with Crippen molar-refractivity contribution in [2.75, 3.05) is 31.7 Å². The first-order valence-corrected chi connectivity index (χ1v) is 24.9. The third-order valence-corrected chi connectivity index (χ3v) is 15.7. The molecule has 2 N–H and O–H groups in total. The van der Waals surface area contributed by atoms with E-state index in [9.17, 15) is 29.1 Å². The smallest absolute Gasteiger partial charge is 0.325 e. The Hall–Kier alpha value is -7.05. The SMILES string of the molecule is C=CCOC(=O)[C@H]1[C@@H]2C(=O)O[C@@H](c3ccccc3)[C@@H](c3ccccc3)N2[C@@H](c2ccc(OCCOC(=O)[C@H]3C[C@H]4C(=O)N5CCC[C@H]5C(=O)N4[C@H]3c3ccc(O)cc3)cc2)[C@]12C(=O)Nc1ccc(I)cc12. The van der Waals surface area contributed by atoms with Gasteiger partial charge in [0.05, 0.1) is 24.0 Å². The van der Waals surface area contributed by atoms with Crippen LogP contribution in [0.2, 0.25) is 0 Å². The van der Waals surface area contributed by atoms with Crippen LogP contribution in [0.4, 0.5) is 5.69 Å². The zero-order chi connectivity index (χ0) is 49.1. The molecule has 0 aromatic heterocycles. The third kappa shape index (κ3) is 7.64. The Kier molecular flexibility index (Phi) is 12.1. The van der Waals surface area contributed by atoms with E-state index >= 15 is 4.79 Å². The van der Waals surface area contributed by atoms with Gasteiger partial charge in [0.15, 0.2) is 0 Å². The van der Waals surface area contributed by atoms with E-state index in [-0.39, 0.29) is 43.8 Å². The normalized spacial score (nSPS) is 28.4. The minimum Gasteiger partial charge on any atom is -0.508 e. The van der Waals surface area contributed by atoms with Crippen LogP contribution in [0.3, 0.4) is 0 Å². The molecule has 0 radical (unpaired) electrons. The number of esters is 3. The first-order chi connectivity index (χ1) is 34.5. The molecule has 5 aromatic rings. The zero-order valence-corrected chi connectivity index (χ0v) is 40.5. The zero-order valence-electron chi connectivity index (χ0n) is 38.3. The molecule has 0 aliphatic carbocycles. The number of carbonyl (C=O) groups excluding carboxylic acids is 6. The van der Waals surface area contributed by atoms with Crippen molar-refractivity contribution in [3.63, 3.8) is 0 Å². The van der Waals surface area contributed by atoms with E-state index in [4.69, 9.17) is 18.9 Å². The topological polar surface area (TPSA) is 181 Å². The highest BCUT2D eigenvalue weighted by atomic mass is 127. The molecule has 362 valence electrons. The van der Waals surface area contributed by atoms with E-state index in [1.54, 1.807) is 40.1 Å². The van der Waals surface area contributed by atoms with Crippen LogP contribution in [-0.4, -0.2) is 99.9 Å². The van der Waals surface area contributed by atoms with Gasteiger partial charge in [0.2, 0.25) is 17.7 Å². The van der Waals surface area contributed by atoms with E-state index in [0.717, 1.165) is 21.1 Å². The highest BCUT2D eigenvalue weighted by Gasteiger charge is 2.74. The number of aromatic hydroxyl groups is 1. The van der Waals surface area contributed by atoms with Crippen LogP contribution < -0.4 is 10.1 Å². The van der Waals surface area contributed by atoms with Crippen molar-refractivity contribution >= 4 is 63.9 Å². The number of hydrogen-bond acceptors (Lipinski definition) is 12. The minimum atomic E-state index is -1.70. The Labute approximate surface area is 422 Å². The average molecular weight is 1070 g/mol. The number of cyclic esters (lactones) is 1. The van der Waals surface area contributed by atoms with Gasteiger partial charge in [-0.15, -0.1) is 0 Å². The molecule has 16 heteroatoms. The van der Waals surface area contributed by atoms with Gasteiger partial charge in [0.25, 0.3) is 0 Å². The fourth-order valence-corrected chi connectivity index (χ4v) is 12.7. The van der Waals surface area contributed by atoms with Crippen LogP contribution in [0, 0.1) is 15.4 Å². The van der Waals surface area contributed by atoms with Gasteiger partial charge >= 0.3 is 17.9 Å². The van der Waals surface area contributed by atoms with Gasteiger partial charge in [0.1, 0.15) is 66.9 Å². The summed E-state index contributed by atoms with van der Waals surface area (Å²) < 4.78 is 25.1. The lowest BCUT2D eigenvalue weighted by Gasteiger charge is -2.46. The van der Waals surface area contributed by atoms with Gasteiger partial charge in [-0.05, 0) is 112 Å². The van der Waals surface area contributed by atoms with Crippen molar-refractivity contribution in [2.24, 2.45) is 11.8 Å². The number of nitrogens with zero attached hydrogens (tertiary/aromatic N) is 3. The Morgan fingerprint density at radius 2 is 1.46 bits per heavy atom. The number of nitrogens with one attached hydrogen (secondary N) is 1. The van der Waals surface area contributed by atoms with Crippen molar-refractivity contribution < 1.29 is 52.8 Å². The highest BCUT2D eigenvalue weighted by molar-refractivity contribution is 14.1. The van der Waals surface area contributed by atoms with Crippen LogP contribution in [0.25, 0.3) is 0 Å². The fraction of sp³-hybridized carbons (Fsp3) is 0.309. The summed E-state index contributed by atoms with van der Waals surface area (Å²) in [6.07, 6.45) is 2.01. The number of amides is 3. The summed E-state index contributed by atoms with van der Waals surface area (Å²) in [5.41, 5.74) is 2.12.